The van der Waals surface area contributed by atoms with Gasteiger partial charge in [-0.1, -0.05) is 12.8 Å². The van der Waals surface area contributed by atoms with Crippen LogP contribution in [0.25, 0.3) is 0 Å². The number of halogens is 3. The van der Waals surface area contributed by atoms with Gasteiger partial charge in [-0.15, -0.1) is 0 Å². The lowest BCUT2D eigenvalue weighted by molar-refractivity contribution is -0.150. The number of hydrogen-bond donors (Lipinski definition) is 1. The van der Waals surface area contributed by atoms with Gasteiger partial charge < -0.3 is 5.32 Å². The molecule has 0 unspecified atom stereocenters. The van der Waals surface area contributed by atoms with Gasteiger partial charge in [-0.2, -0.15) is 13.2 Å². The van der Waals surface area contributed by atoms with Gasteiger partial charge in [0.1, 0.15) is 0 Å². The van der Waals surface area contributed by atoms with Crippen molar-refractivity contribution in [2.45, 2.75) is 50.7 Å². The molecular weight excluding hydrogens is 241 g/mol. The SMILES string of the molecule is CNCC1(CN(CC(F)(F)F)C2CC2)CCCC1. The fourth-order valence-electron chi connectivity index (χ4n) is 3.31. The van der Waals surface area contributed by atoms with E-state index in [0.29, 0.717) is 6.54 Å². The summed E-state index contributed by atoms with van der Waals surface area (Å²) in [7, 11) is 1.89. The molecule has 2 saturated carbocycles. The second-order valence-corrected chi connectivity index (χ2v) is 5.99. The molecule has 0 spiro atoms. The van der Waals surface area contributed by atoms with E-state index >= 15 is 0 Å². The zero-order valence-electron chi connectivity index (χ0n) is 11.0. The highest BCUT2D eigenvalue weighted by Crippen LogP contribution is 2.41. The van der Waals surface area contributed by atoms with Gasteiger partial charge in [0.25, 0.3) is 0 Å². The summed E-state index contributed by atoms with van der Waals surface area (Å²) in [4.78, 5) is 1.68. The molecule has 0 bridgehead atoms. The van der Waals surface area contributed by atoms with Crippen LogP contribution in [0, 0.1) is 5.41 Å². The van der Waals surface area contributed by atoms with Crippen molar-refractivity contribution in [3.05, 3.63) is 0 Å². The summed E-state index contributed by atoms with van der Waals surface area (Å²) in [5.41, 5.74) is 0.0720. The molecule has 0 radical (unpaired) electrons. The Hall–Kier alpha value is -0.290. The lowest BCUT2D eigenvalue weighted by Crippen LogP contribution is -2.46. The first-order valence-corrected chi connectivity index (χ1v) is 6.90. The molecule has 18 heavy (non-hydrogen) atoms. The molecule has 0 aliphatic heterocycles. The lowest BCUT2D eigenvalue weighted by Gasteiger charge is -2.36. The van der Waals surface area contributed by atoms with Gasteiger partial charge in [0.2, 0.25) is 0 Å². The predicted octanol–water partition coefficient (Wildman–Crippen LogP) is 2.79. The maximum absolute atomic E-state index is 12.6. The van der Waals surface area contributed by atoms with E-state index in [4.69, 9.17) is 0 Å². The zero-order chi connectivity index (χ0) is 13.2. The third-order valence-electron chi connectivity index (χ3n) is 4.20. The van der Waals surface area contributed by atoms with Crippen molar-refractivity contribution in [2.75, 3.05) is 26.7 Å². The second-order valence-electron chi connectivity index (χ2n) is 5.99. The van der Waals surface area contributed by atoms with Gasteiger partial charge in [0.05, 0.1) is 6.54 Å². The third kappa shape index (κ3) is 3.85. The number of hydrogen-bond acceptors (Lipinski definition) is 2. The second kappa shape index (κ2) is 5.37. The molecule has 0 aromatic rings. The molecule has 2 aliphatic carbocycles. The molecule has 0 heterocycles. The predicted molar refractivity (Wildman–Crippen MR) is 65.5 cm³/mol. The molecule has 2 fully saturated rings. The molecule has 2 rings (SSSR count). The topological polar surface area (TPSA) is 15.3 Å². The number of alkyl halides is 3. The summed E-state index contributed by atoms with van der Waals surface area (Å²) < 4.78 is 37.9. The summed E-state index contributed by atoms with van der Waals surface area (Å²) in [5.74, 6) is 0. The first-order valence-electron chi connectivity index (χ1n) is 6.90. The van der Waals surface area contributed by atoms with E-state index in [2.05, 4.69) is 5.32 Å². The van der Waals surface area contributed by atoms with Crippen molar-refractivity contribution < 1.29 is 13.2 Å². The molecule has 0 amide bonds. The van der Waals surface area contributed by atoms with Gasteiger partial charge in [-0.05, 0) is 38.1 Å². The van der Waals surface area contributed by atoms with Crippen LogP contribution in [0.1, 0.15) is 38.5 Å². The Morgan fingerprint density at radius 1 is 1.22 bits per heavy atom. The Labute approximate surface area is 107 Å². The minimum absolute atomic E-state index is 0.0720. The van der Waals surface area contributed by atoms with Gasteiger partial charge >= 0.3 is 6.18 Å². The summed E-state index contributed by atoms with van der Waals surface area (Å²) in [6.07, 6.45) is 2.25. The molecule has 5 heteroatoms. The summed E-state index contributed by atoms with van der Waals surface area (Å²) in [6, 6.07) is 0.181. The van der Waals surface area contributed by atoms with Crippen LogP contribution in [0.3, 0.4) is 0 Å². The normalized spacial score (nSPS) is 23.8. The quantitative estimate of drug-likeness (QED) is 0.793. The largest absolute Gasteiger partial charge is 0.401 e. The fraction of sp³-hybridized carbons (Fsp3) is 1.00. The van der Waals surface area contributed by atoms with Crippen LogP contribution in [0.5, 0.6) is 0 Å². The van der Waals surface area contributed by atoms with Crippen LogP contribution in [-0.4, -0.2) is 43.8 Å². The Morgan fingerprint density at radius 2 is 1.83 bits per heavy atom. The molecule has 1 N–H and O–H groups in total. The van der Waals surface area contributed by atoms with Crippen molar-refractivity contribution >= 4 is 0 Å². The first kappa shape index (κ1) is 14.1. The third-order valence-corrected chi connectivity index (χ3v) is 4.20. The Kier molecular flexibility index (Phi) is 4.22. The van der Waals surface area contributed by atoms with Crippen LogP contribution in [0.2, 0.25) is 0 Å². The lowest BCUT2D eigenvalue weighted by atomic mass is 9.85. The molecular formula is C13H23F3N2. The zero-order valence-corrected chi connectivity index (χ0v) is 11.0. The molecule has 0 aromatic carbocycles. The van der Waals surface area contributed by atoms with Gasteiger partial charge in [-0.25, -0.2) is 0 Å². The first-order chi connectivity index (χ1) is 8.44. The molecule has 2 nitrogen and oxygen atoms in total. The highest BCUT2D eigenvalue weighted by molar-refractivity contribution is 4.94. The van der Waals surface area contributed by atoms with Crippen molar-refractivity contribution in [2.24, 2.45) is 5.41 Å². The number of nitrogens with zero attached hydrogens (tertiary/aromatic N) is 1. The van der Waals surface area contributed by atoms with Crippen LogP contribution in [-0.2, 0) is 0 Å². The van der Waals surface area contributed by atoms with E-state index in [0.717, 1.165) is 45.1 Å². The minimum atomic E-state index is -4.07. The molecule has 2 aliphatic rings. The molecule has 106 valence electrons. The summed E-state index contributed by atoms with van der Waals surface area (Å²) in [5, 5.41) is 3.17. The van der Waals surface area contributed by atoms with Crippen LogP contribution < -0.4 is 5.32 Å². The monoisotopic (exact) mass is 264 g/mol. The standard InChI is InChI=1S/C13H23F3N2/c1-17-8-12(6-2-3-7-12)9-18(11-4-5-11)10-13(14,15)16/h11,17H,2-10H2,1H3. The van der Waals surface area contributed by atoms with Crippen LogP contribution in [0.4, 0.5) is 13.2 Å². The summed E-state index contributed by atoms with van der Waals surface area (Å²) >= 11 is 0. The minimum Gasteiger partial charge on any atom is -0.319 e. The van der Waals surface area contributed by atoms with Crippen molar-refractivity contribution in [1.82, 2.24) is 10.2 Å². The van der Waals surface area contributed by atoms with E-state index in [-0.39, 0.29) is 11.5 Å². The van der Waals surface area contributed by atoms with E-state index in [1.54, 1.807) is 4.90 Å². The Morgan fingerprint density at radius 3 is 2.28 bits per heavy atom. The Bertz CT molecular complexity index is 268. The fourth-order valence-corrected chi connectivity index (χ4v) is 3.31. The van der Waals surface area contributed by atoms with Crippen molar-refractivity contribution in [3.63, 3.8) is 0 Å². The van der Waals surface area contributed by atoms with Crippen molar-refractivity contribution in [3.8, 4) is 0 Å². The van der Waals surface area contributed by atoms with E-state index < -0.39 is 12.7 Å². The van der Waals surface area contributed by atoms with E-state index in [1.807, 2.05) is 7.05 Å². The van der Waals surface area contributed by atoms with E-state index in [1.165, 1.54) is 0 Å². The van der Waals surface area contributed by atoms with Gasteiger partial charge in [0.15, 0.2) is 0 Å². The van der Waals surface area contributed by atoms with Gasteiger partial charge in [0, 0.05) is 19.1 Å². The average Bonchev–Trinajstić information content (AvgIpc) is 3.00. The highest BCUT2D eigenvalue weighted by Gasteiger charge is 2.43. The highest BCUT2D eigenvalue weighted by atomic mass is 19.4. The Balaban J connectivity index is 1.98. The van der Waals surface area contributed by atoms with E-state index in [9.17, 15) is 13.2 Å². The maximum atomic E-state index is 12.6. The average molecular weight is 264 g/mol. The van der Waals surface area contributed by atoms with Gasteiger partial charge in [-0.3, -0.25) is 4.90 Å². The smallest absolute Gasteiger partial charge is 0.319 e. The maximum Gasteiger partial charge on any atom is 0.401 e. The van der Waals surface area contributed by atoms with Crippen LogP contribution in [0.15, 0.2) is 0 Å². The van der Waals surface area contributed by atoms with Crippen molar-refractivity contribution in [1.29, 1.82) is 0 Å². The number of nitrogens with one attached hydrogen (secondary N) is 1. The number of rotatable bonds is 6. The molecule has 0 atom stereocenters. The molecule has 0 aromatic heterocycles. The van der Waals surface area contributed by atoms with Crippen LogP contribution >= 0.6 is 0 Å². The molecule has 0 saturated heterocycles. The summed E-state index contributed by atoms with van der Waals surface area (Å²) in [6.45, 7) is 0.717.